The first-order valence-electron chi connectivity index (χ1n) is 6.05. The SMILES string of the molecule is Cn1cnc([N+](=O)[O-])c1NCC1(CC(=O)O)CCC1. The van der Waals surface area contributed by atoms with Crippen molar-refractivity contribution in [2.45, 2.75) is 25.7 Å². The maximum absolute atomic E-state index is 10.9. The smallest absolute Gasteiger partial charge is 0.406 e. The number of carboxylic acid groups (broad SMARTS) is 1. The summed E-state index contributed by atoms with van der Waals surface area (Å²) < 4.78 is 1.53. The summed E-state index contributed by atoms with van der Waals surface area (Å²) in [5.74, 6) is -0.741. The Kier molecular flexibility index (Phi) is 3.41. The van der Waals surface area contributed by atoms with E-state index in [4.69, 9.17) is 5.11 Å². The number of carboxylic acids is 1. The van der Waals surface area contributed by atoms with Crippen LogP contribution in [0.5, 0.6) is 0 Å². The van der Waals surface area contributed by atoms with E-state index >= 15 is 0 Å². The van der Waals surface area contributed by atoms with E-state index in [1.54, 1.807) is 7.05 Å². The number of imidazole rings is 1. The zero-order valence-electron chi connectivity index (χ0n) is 10.6. The van der Waals surface area contributed by atoms with Crippen molar-refractivity contribution in [3.8, 4) is 0 Å². The molecule has 0 radical (unpaired) electrons. The number of anilines is 1. The number of aryl methyl sites for hydroxylation is 1. The van der Waals surface area contributed by atoms with Crippen LogP contribution in [0, 0.1) is 15.5 Å². The minimum absolute atomic E-state index is 0.0889. The number of carbonyl (C=O) groups is 1. The molecular formula is C11H16N4O4. The summed E-state index contributed by atoms with van der Waals surface area (Å²) in [6.45, 7) is 0.416. The fraction of sp³-hybridized carbons (Fsp3) is 0.636. The highest BCUT2D eigenvalue weighted by atomic mass is 16.6. The van der Waals surface area contributed by atoms with Gasteiger partial charge in [0.25, 0.3) is 0 Å². The van der Waals surface area contributed by atoms with Crippen LogP contribution in [-0.2, 0) is 11.8 Å². The molecule has 1 fully saturated rings. The Bertz CT molecular complexity index is 507. The molecule has 104 valence electrons. The molecule has 0 aromatic carbocycles. The molecule has 2 N–H and O–H groups in total. The fourth-order valence-corrected chi connectivity index (χ4v) is 2.44. The number of aliphatic carboxylic acids is 1. The molecule has 0 aliphatic heterocycles. The monoisotopic (exact) mass is 268 g/mol. The van der Waals surface area contributed by atoms with Gasteiger partial charge in [0, 0.05) is 13.6 Å². The van der Waals surface area contributed by atoms with E-state index in [0.717, 1.165) is 19.3 Å². The van der Waals surface area contributed by atoms with Crippen molar-refractivity contribution in [1.29, 1.82) is 0 Å². The maximum atomic E-state index is 10.9. The lowest BCUT2D eigenvalue weighted by molar-refractivity contribution is -0.388. The standard InChI is InChI=1S/C11H16N4O4/c1-14-7-13-10(15(18)19)9(14)12-6-11(3-2-4-11)5-8(16)17/h7,12H,2-6H2,1H3,(H,16,17). The van der Waals surface area contributed by atoms with Gasteiger partial charge >= 0.3 is 11.8 Å². The van der Waals surface area contributed by atoms with Gasteiger partial charge in [-0.15, -0.1) is 0 Å². The number of rotatable bonds is 6. The Morgan fingerprint density at radius 1 is 1.68 bits per heavy atom. The van der Waals surface area contributed by atoms with Gasteiger partial charge in [0.15, 0.2) is 0 Å². The fourth-order valence-electron chi connectivity index (χ4n) is 2.44. The number of nitrogens with one attached hydrogen (secondary N) is 1. The van der Waals surface area contributed by atoms with Gasteiger partial charge in [0.1, 0.15) is 0 Å². The number of nitrogens with zero attached hydrogens (tertiary/aromatic N) is 3. The summed E-state index contributed by atoms with van der Waals surface area (Å²) >= 11 is 0. The first-order chi connectivity index (χ1) is 8.93. The van der Waals surface area contributed by atoms with Crippen LogP contribution in [0.15, 0.2) is 6.33 Å². The van der Waals surface area contributed by atoms with Crippen molar-refractivity contribution < 1.29 is 14.8 Å². The van der Waals surface area contributed by atoms with Crippen LogP contribution in [0.1, 0.15) is 25.7 Å². The normalized spacial score (nSPS) is 16.7. The highest BCUT2D eigenvalue weighted by Gasteiger charge is 2.39. The number of nitro groups is 1. The van der Waals surface area contributed by atoms with Crippen LogP contribution in [-0.4, -0.2) is 32.1 Å². The van der Waals surface area contributed by atoms with E-state index in [9.17, 15) is 14.9 Å². The molecule has 0 spiro atoms. The van der Waals surface area contributed by atoms with Gasteiger partial charge in [-0.25, -0.2) is 0 Å². The molecule has 1 heterocycles. The van der Waals surface area contributed by atoms with E-state index in [1.165, 1.54) is 10.9 Å². The van der Waals surface area contributed by atoms with Crippen LogP contribution in [0.3, 0.4) is 0 Å². The van der Waals surface area contributed by atoms with Crippen molar-refractivity contribution in [1.82, 2.24) is 9.55 Å². The topological polar surface area (TPSA) is 110 Å². The third kappa shape index (κ3) is 2.67. The summed E-state index contributed by atoms with van der Waals surface area (Å²) in [4.78, 5) is 24.8. The summed E-state index contributed by atoms with van der Waals surface area (Å²) in [5, 5.41) is 22.7. The lowest BCUT2D eigenvalue weighted by Crippen LogP contribution is -2.38. The maximum Gasteiger partial charge on any atom is 0.406 e. The van der Waals surface area contributed by atoms with Crippen molar-refractivity contribution in [3.05, 3.63) is 16.4 Å². The lowest BCUT2D eigenvalue weighted by atomic mass is 9.66. The molecular weight excluding hydrogens is 252 g/mol. The van der Waals surface area contributed by atoms with Gasteiger partial charge in [-0.2, -0.15) is 0 Å². The number of aromatic nitrogens is 2. The van der Waals surface area contributed by atoms with Crippen LogP contribution >= 0.6 is 0 Å². The van der Waals surface area contributed by atoms with Gasteiger partial charge in [0.2, 0.25) is 12.1 Å². The molecule has 0 saturated heterocycles. The van der Waals surface area contributed by atoms with Gasteiger partial charge in [-0.1, -0.05) is 6.42 Å². The van der Waals surface area contributed by atoms with Crippen molar-refractivity contribution in [2.75, 3.05) is 11.9 Å². The Labute approximate surface area is 109 Å². The van der Waals surface area contributed by atoms with Crippen LogP contribution < -0.4 is 5.32 Å². The minimum Gasteiger partial charge on any atom is -0.481 e. The highest BCUT2D eigenvalue weighted by molar-refractivity contribution is 5.68. The molecule has 0 unspecified atom stereocenters. The molecule has 1 aliphatic rings. The predicted octanol–water partition coefficient (Wildman–Crippen LogP) is 1.39. The molecule has 0 bridgehead atoms. The summed E-state index contributed by atoms with van der Waals surface area (Å²) in [5.41, 5.74) is -0.288. The number of hydrogen-bond acceptors (Lipinski definition) is 5. The predicted molar refractivity (Wildman–Crippen MR) is 66.9 cm³/mol. The Balaban J connectivity index is 2.07. The van der Waals surface area contributed by atoms with Gasteiger partial charge < -0.3 is 20.5 Å². The van der Waals surface area contributed by atoms with Crippen molar-refractivity contribution in [3.63, 3.8) is 0 Å². The summed E-state index contributed by atoms with van der Waals surface area (Å²) in [6, 6.07) is 0. The summed E-state index contributed by atoms with van der Waals surface area (Å²) in [7, 11) is 1.66. The van der Waals surface area contributed by atoms with E-state index in [-0.39, 0.29) is 17.7 Å². The molecule has 8 heteroatoms. The average molecular weight is 268 g/mol. The quantitative estimate of drug-likeness (QED) is 0.595. The zero-order valence-corrected chi connectivity index (χ0v) is 10.6. The Morgan fingerprint density at radius 2 is 2.37 bits per heavy atom. The van der Waals surface area contributed by atoms with Gasteiger partial charge in [-0.3, -0.25) is 9.36 Å². The second kappa shape index (κ2) is 4.87. The lowest BCUT2D eigenvalue weighted by Gasteiger charge is -2.40. The molecule has 19 heavy (non-hydrogen) atoms. The van der Waals surface area contributed by atoms with Crippen molar-refractivity contribution in [2.24, 2.45) is 12.5 Å². The first kappa shape index (κ1) is 13.3. The molecule has 1 aromatic heterocycles. The second-order valence-electron chi connectivity index (χ2n) is 5.06. The highest BCUT2D eigenvalue weighted by Crippen LogP contribution is 2.44. The largest absolute Gasteiger partial charge is 0.481 e. The third-order valence-corrected chi connectivity index (χ3v) is 3.66. The average Bonchev–Trinajstić information content (AvgIpc) is 2.63. The Hall–Kier alpha value is -2.12. The van der Waals surface area contributed by atoms with Crippen LogP contribution in [0.4, 0.5) is 11.6 Å². The van der Waals surface area contributed by atoms with Crippen molar-refractivity contribution >= 4 is 17.6 Å². The third-order valence-electron chi connectivity index (χ3n) is 3.66. The summed E-state index contributed by atoms with van der Waals surface area (Å²) in [6.07, 6.45) is 4.12. The van der Waals surface area contributed by atoms with Gasteiger partial charge in [0.05, 0.1) is 6.42 Å². The van der Waals surface area contributed by atoms with E-state index in [1.807, 2.05) is 0 Å². The van der Waals surface area contributed by atoms with E-state index in [0.29, 0.717) is 12.4 Å². The molecule has 1 saturated carbocycles. The molecule has 0 atom stereocenters. The molecule has 1 aliphatic carbocycles. The van der Waals surface area contributed by atoms with Gasteiger partial charge in [-0.05, 0) is 28.2 Å². The zero-order chi connectivity index (χ0) is 14.0. The molecule has 0 amide bonds. The molecule has 2 rings (SSSR count). The first-order valence-corrected chi connectivity index (χ1v) is 6.05. The van der Waals surface area contributed by atoms with E-state index in [2.05, 4.69) is 10.3 Å². The van der Waals surface area contributed by atoms with Crippen LogP contribution in [0.25, 0.3) is 0 Å². The molecule has 1 aromatic rings. The molecule has 8 nitrogen and oxygen atoms in total. The van der Waals surface area contributed by atoms with Crippen LogP contribution in [0.2, 0.25) is 0 Å². The Morgan fingerprint density at radius 3 is 2.84 bits per heavy atom. The minimum atomic E-state index is -0.832. The van der Waals surface area contributed by atoms with E-state index < -0.39 is 10.9 Å². The second-order valence-corrected chi connectivity index (χ2v) is 5.06. The number of hydrogen-bond donors (Lipinski definition) is 2.